The predicted molar refractivity (Wildman–Crippen MR) is 136 cm³/mol. The summed E-state index contributed by atoms with van der Waals surface area (Å²) in [7, 11) is -4.07. The summed E-state index contributed by atoms with van der Waals surface area (Å²) in [6.45, 7) is 2.75. The van der Waals surface area contributed by atoms with Crippen molar-refractivity contribution in [3.63, 3.8) is 0 Å². The first-order valence-corrected chi connectivity index (χ1v) is 13.5. The maximum atomic E-state index is 14.1. The van der Waals surface area contributed by atoms with E-state index in [2.05, 4.69) is 27.5 Å². The van der Waals surface area contributed by atoms with Crippen molar-refractivity contribution in [2.24, 2.45) is 0 Å². The van der Waals surface area contributed by atoms with Crippen LogP contribution in [0.1, 0.15) is 31.7 Å². The molecule has 1 fully saturated rings. The average molecular weight is 530 g/mol. The molecule has 5 rings (SSSR count). The number of hydrogen-bond acceptors (Lipinski definition) is 6. The van der Waals surface area contributed by atoms with Gasteiger partial charge in [0.05, 0.1) is 16.1 Å². The van der Waals surface area contributed by atoms with Crippen molar-refractivity contribution in [2.45, 2.75) is 49.3 Å². The van der Waals surface area contributed by atoms with Crippen LogP contribution in [0.2, 0.25) is 0 Å². The Hall–Kier alpha value is -3.44. The lowest BCUT2D eigenvalue weighted by Crippen LogP contribution is -2.44. The van der Waals surface area contributed by atoms with Gasteiger partial charge in [-0.3, -0.25) is 0 Å². The van der Waals surface area contributed by atoms with E-state index in [1.165, 1.54) is 18.3 Å². The van der Waals surface area contributed by atoms with Gasteiger partial charge in [-0.25, -0.2) is 22.4 Å². The van der Waals surface area contributed by atoms with Crippen molar-refractivity contribution in [2.75, 3.05) is 11.9 Å². The Kier molecular flexibility index (Phi) is 6.67. The van der Waals surface area contributed by atoms with Gasteiger partial charge in [0, 0.05) is 42.0 Å². The average Bonchev–Trinajstić information content (AvgIpc) is 3.29. The molecule has 1 aliphatic heterocycles. The van der Waals surface area contributed by atoms with Crippen LogP contribution in [0.3, 0.4) is 0 Å². The van der Waals surface area contributed by atoms with E-state index in [-0.39, 0.29) is 33.7 Å². The SMILES string of the molecule is CC[C@@H]1CC[C@H](Nc2ncc(C(F)(F)F)c(-c3cn(S(=O)(=O)c4ccccc4)c4ccccc34)n2)CN1. The molecule has 2 N–H and O–H groups in total. The smallest absolute Gasteiger partial charge is 0.350 e. The monoisotopic (exact) mass is 529 g/mol. The first-order valence-electron chi connectivity index (χ1n) is 12.0. The number of aromatic nitrogens is 3. The highest BCUT2D eigenvalue weighted by molar-refractivity contribution is 7.90. The normalized spacial score (nSPS) is 18.7. The molecule has 0 spiro atoms. The van der Waals surface area contributed by atoms with Gasteiger partial charge in [-0.1, -0.05) is 43.3 Å². The van der Waals surface area contributed by atoms with Crippen molar-refractivity contribution in [3.05, 3.63) is 72.6 Å². The first-order chi connectivity index (χ1) is 17.7. The molecule has 4 aromatic rings. The number of nitrogens with zero attached hydrogens (tertiary/aromatic N) is 3. The summed E-state index contributed by atoms with van der Waals surface area (Å²) >= 11 is 0. The number of nitrogens with one attached hydrogen (secondary N) is 2. The molecule has 2 atom stereocenters. The molecular formula is C26H26F3N5O2S. The number of fused-ring (bicyclic) bond motifs is 1. The summed E-state index contributed by atoms with van der Waals surface area (Å²) in [4.78, 5) is 8.26. The van der Waals surface area contributed by atoms with Gasteiger partial charge in [0.25, 0.3) is 10.0 Å². The van der Waals surface area contributed by atoms with Crippen LogP contribution < -0.4 is 10.6 Å². The van der Waals surface area contributed by atoms with Crippen LogP contribution >= 0.6 is 0 Å². The zero-order valence-electron chi connectivity index (χ0n) is 20.0. The summed E-state index contributed by atoms with van der Waals surface area (Å²) < 4.78 is 70.1. The Balaban J connectivity index is 1.62. The minimum Gasteiger partial charge on any atom is -0.350 e. The molecule has 0 bridgehead atoms. The van der Waals surface area contributed by atoms with Crippen molar-refractivity contribution >= 4 is 26.9 Å². The summed E-state index contributed by atoms with van der Waals surface area (Å²) in [5.41, 5.74) is -1.10. The van der Waals surface area contributed by atoms with Crippen LogP contribution in [-0.2, 0) is 16.2 Å². The van der Waals surface area contributed by atoms with Crippen LogP contribution in [0, 0.1) is 0 Å². The summed E-state index contributed by atoms with van der Waals surface area (Å²) in [5, 5.41) is 6.90. The minimum atomic E-state index is -4.74. The molecule has 0 radical (unpaired) electrons. The molecule has 0 aliphatic carbocycles. The van der Waals surface area contributed by atoms with Crippen LogP contribution in [0.25, 0.3) is 22.2 Å². The second kappa shape index (κ2) is 9.79. The van der Waals surface area contributed by atoms with Gasteiger partial charge < -0.3 is 10.6 Å². The highest BCUT2D eigenvalue weighted by Gasteiger charge is 2.37. The third-order valence-electron chi connectivity index (χ3n) is 6.67. The molecule has 2 aromatic heterocycles. The third-order valence-corrected chi connectivity index (χ3v) is 8.36. The first kappa shape index (κ1) is 25.2. The number of alkyl halides is 3. The molecule has 0 unspecified atom stereocenters. The standard InChI is InChI=1S/C26H26F3N5O2S/c1-2-17-12-13-18(14-30-17)32-25-31-15-22(26(27,28)29)24(33-25)21-16-34(23-11-7-6-10-20(21)23)37(35,36)19-8-4-3-5-9-19/h3-11,15-18,30H,2,12-14H2,1H3,(H,31,32,33)/t17-,18+/m1/s1. The Morgan fingerprint density at radius 3 is 2.49 bits per heavy atom. The highest BCUT2D eigenvalue weighted by Crippen LogP contribution is 2.40. The van der Waals surface area contributed by atoms with E-state index in [9.17, 15) is 21.6 Å². The zero-order chi connectivity index (χ0) is 26.2. The predicted octanol–water partition coefficient (Wildman–Crippen LogP) is 5.30. The second-order valence-electron chi connectivity index (χ2n) is 9.06. The lowest BCUT2D eigenvalue weighted by Gasteiger charge is -2.30. The number of benzene rings is 2. The van der Waals surface area contributed by atoms with E-state index in [4.69, 9.17) is 0 Å². The number of para-hydroxylation sites is 1. The zero-order valence-corrected chi connectivity index (χ0v) is 20.9. The van der Waals surface area contributed by atoms with E-state index >= 15 is 0 Å². The minimum absolute atomic E-state index is 0.0265. The van der Waals surface area contributed by atoms with Crippen molar-refractivity contribution in [3.8, 4) is 11.3 Å². The Labute approximate surface area is 212 Å². The number of anilines is 1. The van der Waals surface area contributed by atoms with E-state index < -0.39 is 21.8 Å². The van der Waals surface area contributed by atoms with Crippen molar-refractivity contribution < 1.29 is 21.6 Å². The van der Waals surface area contributed by atoms with Gasteiger partial charge in [0.15, 0.2) is 0 Å². The topological polar surface area (TPSA) is 88.9 Å². The van der Waals surface area contributed by atoms with E-state index in [1.54, 1.807) is 42.5 Å². The van der Waals surface area contributed by atoms with E-state index in [0.717, 1.165) is 29.4 Å². The van der Waals surface area contributed by atoms with E-state index in [0.29, 0.717) is 18.0 Å². The molecule has 1 saturated heterocycles. The molecule has 0 saturated carbocycles. The number of rotatable bonds is 6. The Bertz CT molecular complexity index is 1510. The number of hydrogen-bond donors (Lipinski definition) is 2. The maximum Gasteiger partial charge on any atom is 0.419 e. The molecule has 3 heterocycles. The van der Waals surface area contributed by atoms with Crippen LogP contribution in [-0.4, -0.2) is 41.0 Å². The summed E-state index contributed by atoms with van der Waals surface area (Å²) in [5.74, 6) is 0.0625. The fourth-order valence-electron chi connectivity index (χ4n) is 4.68. The number of halogens is 3. The van der Waals surface area contributed by atoms with Gasteiger partial charge in [-0.2, -0.15) is 13.2 Å². The lowest BCUT2D eigenvalue weighted by molar-refractivity contribution is -0.137. The van der Waals surface area contributed by atoms with Gasteiger partial charge in [0.1, 0.15) is 5.56 Å². The lowest BCUT2D eigenvalue weighted by atomic mass is 9.99. The molecule has 37 heavy (non-hydrogen) atoms. The molecule has 0 amide bonds. The number of piperidine rings is 1. The van der Waals surface area contributed by atoms with Crippen molar-refractivity contribution in [1.29, 1.82) is 0 Å². The molecule has 7 nitrogen and oxygen atoms in total. The Morgan fingerprint density at radius 1 is 1.08 bits per heavy atom. The Morgan fingerprint density at radius 2 is 1.81 bits per heavy atom. The van der Waals surface area contributed by atoms with Gasteiger partial charge >= 0.3 is 6.18 Å². The van der Waals surface area contributed by atoms with Crippen molar-refractivity contribution in [1.82, 2.24) is 19.3 Å². The van der Waals surface area contributed by atoms with Crippen LogP contribution in [0.5, 0.6) is 0 Å². The largest absolute Gasteiger partial charge is 0.419 e. The van der Waals surface area contributed by atoms with Gasteiger partial charge in [0.2, 0.25) is 5.95 Å². The molecule has 1 aliphatic rings. The molecule has 194 valence electrons. The van der Waals surface area contributed by atoms with Crippen LogP contribution in [0.15, 0.2) is 71.9 Å². The quantitative estimate of drug-likeness (QED) is 0.353. The highest BCUT2D eigenvalue weighted by atomic mass is 32.2. The van der Waals surface area contributed by atoms with Gasteiger partial charge in [-0.05, 0) is 37.5 Å². The van der Waals surface area contributed by atoms with Crippen LogP contribution in [0.4, 0.5) is 19.1 Å². The maximum absolute atomic E-state index is 14.1. The molecule has 11 heteroatoms. The summed E-state index contributed by atoms with van der Waals surface area (Å²) in [6, 6.07) is 14.6. The molecular weight excluding hydrogens is 503 g/mol. The fourth-order valence-corrected chi connectivity index (χ4v) is 6.07. The van der Waals surface area contributed by atoms with E-state index in [1.807, 2.05) is 0 Å². The second-order valence-corrected chi connectivity index (χ2v) is 10.9. The molecule has 2 aromatic carbocycles. The summed E-state index contributed by atoms with van der Waals surface area (Å²) in [6.07, 6.45) is 0.00198. The fraction of sp³-hybridized carbons (Fsp3) is 0.308. The third kappa shape index (κ3) is 4.93. The van der Waals surface area contributed by atoms with Gasteiger partial charge in [-0.15, -0.1) is 0 Å².